The lowest BCUT2D eigenvalue weighted by atomic mass is 10.7. The average Bonchev–Trinajstić information content (AvgIpc) is 2.14. The van der Waals surface area contributed by atoms with Gasteiger partial charge in [0.2, 0.25) is 0 Å². The molecule has 0 aromatic carbocycles. The maximum atomic E-state index is 7.23. The summed E-state index contributed by atoms with van der Waals surface area (Å²) in [5, 5.41) is 9.15. The van der Waals surface area contributed by atoms with Crippen LogP contribution in [0, 0.1) is 5.41 Å². The zero-order chi connectivity index (χ0) is 5.98. The lowest BCUT2D eigenvalue weighted by Crippen LogP contribution is -2.09. The van der Waals surface area contributed by atoms with Gasteiger partial charge in [0, 0.05) is 18.1 Å². The molecule has 0 spiro atoms. The summed E-state index contributed by atoms with van der Waals surface area (Å²) in [5.74, 6) is 0. The molecule has 0 aliphatic rings. The van der Waals surface area contributed by atoms with E-state index in [1.165, 1.54) is 11.3 Å². The van der Waals surface area contributed by atoms with Crippen molar-refractivity contribution in [3.8, 4) is 0 Å². The van der Waals surface area contributed by atoms with Crippen molar-refractivity contribution in [3.05, 3.63) is 16.4 Å². The monoisotopic (exact) mass is 128 g/mol. The van der Waals surface area contributed by atoms with Crippen molar-refractivity contribution in [2.75, 3.05) is 0 Å². The molecule has 1 rings (SSSR count). The van der Waals surface area contributed by atoms with Crippen LogP contribution in [0.1, 0.15) is 6.92 Å². The van der Waals surface area contributed by atoms with Crippen LogP contribution in [0.5, 0.6) is 0 Å². The highest BCUT2D eigenvalue weighted by molar-refractivity contribution is 7.06. The third-order valence-corrected chi connectivity index (χ3v) is 1.74. The van der Waals surface area contributed by atoms with Crippen molar-refractivity contribution in [2.45, 2.75) is 13.5 Å². The van der Waals surface area contributed by atoms with E-state index in [-0.39, 0.29) is 0 Å². The Hall–Kier alpha value is -0.570. The van der Waals surface area contributed by atoms with Crippen molar-refractivity contribution in [2.24, 2.45) is 0 Å². The van der Waals surface area contributed by atoms with E-state index in [9.17, 15) is 0 Å². The normalized spacial score (nSPS) is 9.62. The van der Waals surface area contributed by atoms with Gasteiger partial charge in [0.1, 0.15) is 0 Å². The SMILES string of the molecule is CCn1ccsc1=N. The minimum absolute atomic E-state index is 0.632. The van der Waals surface area contributed by atoms with Crippen molar-refractivity contribution in [1.29, 1.82) is 5.41 Å². The van der Waals surface area contributed by atoms with E-state index in [1.807, 2.05) is 23.1 Å². The second-order valence-electron chi connectivity index (χ2n) is 1.49. The Labute approximate surface area is 51.9 Å². The molecule has 0 saturated carbocycles. The van der Waals surface area contributed by atoms with E-state index in [1.54, 1.807) is 0 Å². The smallest absolute Gasteiger partial charge is 0.181 e. The maximum absolute atomic E-state index is 7.23. The van der Waals surface area contributed by atoms with Gasteiger partial charge in [0.05, 0.1) is 0 Å². The quantitative estimate of drug-likeness (QED) is 0.585. The first-order valence-corrected chi connectivity index (χ1v) is 3.41. The molecule has 0 saturated heterocycles. The van der Waals surface area contributed by atoms with E-state index in [2.05, 4.69) is 0 Å². The average molecular weight is 128 g/mol. The van der Waals surface area contributed by atoms with Crippen molar-refractivity contribution < 1.29 is 0 Å². The summed E-state index contributed by atoms with van der Waals surface area (Å²) < 4.78 is 1.89. The van der Waals surface area contributed by atoms with E-state index >= 15 is 0 Å². The predicted molar refractivity (Wildman–Crippen MR) is 33.8 cm³/mol. The van der Waals surface area contributed by atoms with Gasteiger partial charge in [-0.2, -0.15) is 0 Å². The molecule has 44 valence electrons. The molecule has 1 aromatic heterocycles. The lowest BCUT2D eigenvalue weighted by Gasteiger charge is -1.89. The topological polar surface area (TPSA) is 28.8 Å². The van der Waals surface area contributed by atoms with E-state index in [0.717, 1.165) is 6.54 Å². The van der Waals surface area contributed by atoms with E-state index < -0.39 is 0 Å². The third kappa shape index (κ3) is 0.816. The summed E-state index contributed by atoms with van der Waals surface area (Å²) in [7, 11) is 0. The van der Waals surface area contributed by atoms with Crippen LogP contribution in [0.4, 0.5) is 0 Å². The minimum Gasteiger partial charge on any atom is -0.324 e. The standard InChI is InChI=1S/C5H8N2S/c1-2-7-3-4-8-5(7)6/h3-4,6H,2H2,1H3. The number of hydrogen-bond donors (Lipinski definition) is 1. The summed E-state index contributed by atoms with van der Waals surface area (Å²) in [4.78, 5) is 0.632. The Morgan fingerprint density at radius 3 is 2.88 bits per heavy atom. The summed E-state index contributed by atoms with van der Waals surface area (Å²) in [5.41, 5.74) is 0. The van der Waals surface area contributed by atoms with Crippen LogP contribution in [0.25, 0.3) is 0 Å². The molecule has 8 heavy (non-hydrogen) atoms. The number of thiazole rings is 1. The van der Waals surface area contributed by atoms with Gasteiger partial charge in [-0.1, -0.05) is 0 Å². The number of nitrogens with one attached hydrogen (secondary N) is 1. The van der Waals surface area contributed by atoms with Gasteiger partial charge in [-0.05, 0) is 6.92 Å². The van der Waals surface area contributed by atoms with Gasteiger partial charge >= 0.3 is 0 Å². The first kappa shape index (κ1) is 5.56. The molecule has 0 aliphatic heterocycles. The molecule has 0 bridgehead atoms. The molecule has 0 atom stereocenters. The van der Waals surface area contributed by atoms with Crippen molar-refractivity contribution in [3.63, 3.8) is 0 Å². The molecule has 1 N–H and O–H groups in total. The second kappa shape index (κ2) is 2.13. The van der Waals surface area contributed by atoms with Gasteiger partial charge in [-0.3, -0.25) is 5.41 Å². The summed E-state index contributed by atoms with van der Waals surface area (Å²) in [6, 6.07) is 0. The molecule has 0 unspecified atom stereocenters. The molecule has 0 fully saturated rings. The molecule has 3 heteroatoms. The number of aromatic nitrogens is 1. The Balaban J connectivity index is 3.11. The van der Waals surface area contributed by atoms with Gasteiger partial charge in [0.25, 0.3) is 0 Å². The zero-order valence-electron chi connectivity index (χ0n) is 4.72. The number of rotatable bonds is 1. The largest absolute Gasteiger partial charge is 0.324 e. The molecular weight excluding hydrogens is 120 g/mol. The van der Waals surface area contributed by atoms with E-state index in [0.29, 0.717) is 4.80 Å². The van der Waals surface area contributed by atoms with Crippen molar-refractivity contribution in [1.82, 2.24) is 4.57 Å². The van der Waals surface area contributed by atoms with Crippen LogP contribution in [-0.4, -0.2) is 4.57 Å². The van der Waals surface area contributed by atoms with E-state index in [4.69, 9.17) is 5.41 Å². The van der Waals surface area contributed by atoms with Crippen LogP contribution < -0.4 is 4.80 Å². The molecule has 1 aromatic rings. The number of hydrogen-bond acceptors (Lipinski definition) is 2. The van der Waals surface area contributed by atoms with Crippen LogP contribution in [0.15, 0.2) is 11.6 Å². The third-order valence-electron chi connectivity index (χ3n) is 1.02. The molecule has 0 aliphatic carbocycles. The Bertz CT molecular complexity index is 210. The fourth-order valence-electron chi connectivity index (χ4n) is 0.553. The number of aryl methyl sites for hydroxylation is 1. The highest BCUT2D eigenvalue weighted by atomic mass is 32.1. The molecular formula is C5H8N2S. The first-order chi connectivity index (χ1) is 3.84. The van der Waals surface area contributed by atoms with Crippen LogP contribution in [-0.2, 0) is 6.54 Å². The Kier molecular flexibility index (Phi) is 1.48. The molecule has 0 amide bonds. The maximum Gasteiger partial charge on any atom is 0.181 e. The summed E-state index contributed by atoms with van der Waals surface area (Å²) in [6.07, 6.45) is 1.92. The van der Waals surface area contributed by atoms with Gasteiger partial charge in [0.15, 0.2) is 4.80 Å². The Morgan fingerprint density at radius 2 is 2.62 bits per heavy atom. The van der Waals surface area contributed by atoms with Crippen LogP contribution >= 0.6 is 11.3 Å². The highest BCUT2D eigenvalue weighted by Crippen LogP contribution is 1.86. The van der Waals surface area contributed by atoms with Gasteiger partial charge in [-0.25, -0.2) is 0 Å². The minimum atomic E-state index is 0.632. The molecule has 1 heterocycles. The fraction of sp³-hybridized carbons (Fsp3) is 0.400. The highest BCUT2D eigenvalue weighted by Gasteiger charge is 1.84. The first-order valence-electron chi connectivity index (χ1n) is 2.53. The summed E-state index contributed by atoms with van der Waals surface area (Å²) >= 11 is 1.46. The lowest BCUT2D eigenvalue weighted by molar-refractivity contribution is 0.728. The molecule has 0 radical (unpaired) electrons. The van der Waals surface area contributed by atoms with Crippen molar-refractivity contribution >= 4 is 11.3 Å². The van der Waals surface area contributed by atoms with Gasteiger partial charge < -0.3 is 4.57 Å². The van der Waals surface area contributed by atoms with Gasteiger partial charge in [-0.15, -0.1) is 11.3 Å². The summed E-state index contributed by atoms with van der Waals surface area (Å²) in [6.45, 7) is 2.94. The predicted octanol–water partition coefficient (Wildman–Crippen LogP) is 1.05. The fourth-order valence-corrected chi connectivity index (χ4v) is 1.21. The zero-order valence-corrected chi connectivity index (χ0v) is 5.53. The number of nitrogens with zero attached hydrogens (tertiary/aromatic N) is 1. The van der Waals surface area contributed by atoms with Crippen LogP contribution in [0.3, 0.4) is 0 Å². The Morgan fingerprint density at radius 1 is 1.88 bits per heavy atom. The second-order valence-corrected chi connectivity index (χ2v) is 2.39. The van der Waals surface area contributed by atoms with Crippen LogP contribution in [0.2, 0.25) is 0 Å². The molecule has 2 nitrogen and oxygen atoms in total.